The Kier molecular flexibility index (Phi) is 5.96. The summed E-state index contributed by atoms with van der Waals surface area (Å²) in [5.41, 5.74) is 3.77. The van der Waals surface area contributed by atoms with Gasteiger partial charge in [0, 0.05) is 34.9 Å². The number of aryl methyl sites for hydroxylation is 1. The van der Waals surface area contributed by atoms with E-state index in [0.717, 1.165) is 42.5 Å². The minimum absolute atomic E-state index is 0.0656. The van der Waals surface area contributed by atoms with E-state index < -0.39 is 0 Å². The van der Waals surface area contributed by atoms with Crippen molar-refractivity contribution in [2.75, 3.05) is 19.1 Å². The normalized spacial score (nSPS) is 21.3. The van der Waals surface area contributed by atoms with Crippen LogP contribution in [0.1, 0.15) is 73.4 Å². The van der Waals surface area contributed by atoms with Gasteiger partial charge in [0.05, 0.1) is 19.8 Å². The van der Waals surface area contributed by atoms with Crippen molar-refractivity contribution < 1.29 is 19.1 Å². The monoisotopic (exact) mass is 490 g/mol. The number of fused-ring (bicyclic) bond motifs is 1. The van der Waals surface area contributed by atoms with Gasteiger partial charge in [-0.15, -0.1) is 11.3 Å². The molecule has 2 aromatic rings. The first kappa shape index (κ1) is 23.6. The van der Waals surface area contributed by atoms with Crippen molar-refractivity contribution in [3.05, 3.63) is 51.0 Å². The number of methoxy groups -OCH3 is 2. The summed E-state index contributed by atoms with van der Waals surface area (Å²) in [5, 5.41) is 10.8. The van der Waals surface area contributed by atoms with Gasteiger partial charge in [0.15, 0.2) is 17.3 Å². The number of Topliss-reactive ketones (excluding diaryl/α,β-unsaturated/α-hetero) is 1. The molecule has 0 spiro atoms. The number of anilines is 1. The summed E-state index contributed by atoms with van der Waals surface area (Å²) in [7, 11) is 3.16. The van der Waals surface area contributed by atoms with Crippen LogP contribution in [0.15, 0.2) is 29.5 Å². The van der Waals surface area contributed by atoms with Crippen LogP contribution in [0.2, 0.25) is 0 Å². The molecule has 2 aliphatic carbocycles. The number of ketones is 1. The molecule has 1 amide bonds. The van der Waals surface area contributed by atoms with Crippen molar-refractivity contribution in [1.82, 2.24) is 0 Å². The first-order valence-corrected chi connectivity index (χ1v) is 13.0. The summed E-state index contributed by atoms with van der Waals surface area (Å²) >= 11 is 1.56. The minimum Gasteiger partial charge on any atom is -0.493 e. The van der Waals surface area contributed by atoms with E-state index in [0.29, 0.717) is 40.5 Å². The minimum atomic E-state index is -0.350. The molecule has 6 nitrogen and oxygen atoms in total. The van der Waals surface area contributed by atoms with E-state index in [1.54, 1.807) is 30.5 Å². The number of rotatable bonds is 4. The molecule has 0 unspecified atom stereocenters. The number of ether oxygens (including phenoxy) is 2. The number of amides is 1. The van der Waals surface area contributed by atoms with Crippen molar-refractivity contribution in [2.24, 2.45) is 5.41 Å². The molecule has 1 aromatic carbocycles. The largest absolute Gasteiger partial charge is 0.493 e. The summed E-state index contributed by atoms with van der Waals surface area (Å²) in [6.45, 7) is 4.14. The molecular formula is C28H30N2O4S. The van der Waals surface area contributed by atoms with E-state index in [1.807, 2.05) is 18.2 Å². The maximum absolute atomic E-state index is 13.8. The van der Waals surface area contributed by atoms with E-state index >= 15 is 0 Å². The smallest absolute Gasteiger partial charge is 0.232 e. The van der Waals surface area contributed by atoms with Crippen LogP contribution in [0, 0.1) is 16.7 Å². The van der Waals surface area contributed by atoms with Crippen LogP contribution in [0.4, 0.5) is 5.00 Å². The van der Waals surface area contributed by atoms with E-state index in [2.05, 4.69) is 19.9 Å². The van der Waals surface area contributed by atoms with Crippen LogP contribution in [-0.2, 0) is 22.4 Å². The maximum Gasteiger partial charge on any atom is 0.232 e. The third kappa shape index (κ3) is 3.94. The zero-order valence-electron chi connectivity index (χ0n) is 20.7. The maximum atomic E-state index is 13.8. The van der Waals surface area contributed by atoms with Crippen LogP contribution in [0.3, 0.4) is 0 Å². The summed E-state index contributed by atoms with van der Waals surface area (Å²) in [4.78, 5) is 30.4. The van der Waals surface area contributed by atoms with Crippen LogP contribution in [0.25, 0.3) is 0 Å². The Bertz CT molecular complexity index is 1300. The molecule has 1 aromatic heterocycles. The zero-order valence-corrected chi connectivity index (χ0v) is 21.5. The molecule has 0 radical (unpaired) electrons. The first-order chi connectivity index (χ1) is 16.8. The molecule has 0 saturated heterocycles. The van der Waals surface area contributed by atoms with Gasteiger partial charge in [-0.25, -0.2) is 0 Å². The Balaban J connectivity index is 1.69. The number of hydrogen-bond donors (Lipinski definition) is 0. The average molecular weight is 491 g/mol. The van der Waals surface area contributed by atoms with Crippen LogP contribution in [0.5, 0.6) is 11.5 Å². The highest BCUT2D eigenvalue weighted by Gasteiger charge is 2.45. The summed E-state index contributed by atoms with van der Waals surface area (Å²) < 4.78 is 10.9. The predicted molar refractivity (Wildman–Crippen MR) is 135 cm³/mol. The number of carbonyl (C=O) groups is 2. The van der Waals surface area contributed by atoms with E-state index in [-0.39, 0.29) is 29.4 Å². The number of nitrogens with zero attached hydrogens (tertiary/aromatic N) is 2. The SMILES string of the molecule is COc1ccc([C@H]2CC(=O)N(c3sc4c(c3C#N)CCCC4)C3=C2C(=O)CC(C)(C)C3)cc1OC. The molecule has 35 heavy (non-hydrogen) atoms. The van der Waals surface area contributed by atoms with Crippen LogP contribution in [-0.4, -0.2) is 25.9 Å². The molecular weight excluding hydrogens is 460 g/mol. The molecule has 0 bridgehead atoms. The standard InChI is InChI=1S/C28H30N2O4S/c1-28(2)13-20-26(21(31)14-28)18(16-9-10-22(33-3)23(11-16)34-4)12-25(32)30(20)27-19(15-29)17-7-5-6-8-24(17)35-27/h9-11,18H,5-8,12-14H2,1-4H3/t18-/m1/s1. The fourth-order valence-electron chi connectivity index (χ4n) is 5.83. The first-order valence-electron chi connectivity index (χ1n) is 12.1. The van der Waals surface area contributed by atoms with Gasteiger partial charge in [0.2, 0.25) is 5.91 Å². The molecule has 1 atom stereocenters. The molecule has 0 saturated carbocycles. The Morgan fingerprint density at radius 1 is 1.09 bits per heavy atom. The number of allylic oxidation sites excluding steroid dienone is 2. The van der Waals surface area contributed by atoms with E-state index in [1.165, 1.54) is 4.88 Å². The fourth-order valence-corrected chi connectivity index (χ4v) is 7.21. The Labute approximate surface area is 210 Å². The Hall–Kier alpha value is -3.11. The highest BCUT2D eigenvalue weighted by Crippen LogP contribution is 2.51. The Morgan fingerprint density at radius 3 is 2.54 bits per heavy atom. The number of benzene rings is 1. The van der Waals surface area contributed by atoms with E-state index in [9.17, 15) is 14.9 Å². The average Bonchev–Trinajstić information content (AvgIpc) is 3.20. The molecule has 1 aliphatic heterocycles. The lowest BCUT2D eigenvalue weighted by Gasteiger charge is -2.42. The molecule has 2 heterocycles. The van der Waals surface area contributed by atoms with Gasteiger partial charge >= 0.3 is 0 Å². The third-order valence-corrected chi connectivity index (χ3v) is 8.70. The summed E-state index contributed by atoms with van der Waals surface area (Å²) in [6.07, 6.45) is 5.20. The van der Waals surface area contributed by atoms with Crippen molar-refractivity contribution in [3.8, 4) is 17.6 Å². The Morgan fingerprint density at radius 2 is 1.83 bits per heavy atom. The van der Waals surface area contributed by atoms with Gasteiger partial charge in [0.1, 0.15) is 11.1 Å². The predicted octanol–water partition coefficient (Wildman–Crippen LogP) is 5.68. The lowest BCUT2D eigenvalue weighted by atomic mass is 9.69. The number of thiophene rings is 1. The van der Waals surface area contributed by atoms with Crippen molar-refractivity contribution in [1.29, 1.82) is 5.26 Å². The third-order valence-electron chi connectivity index (χ3n) is 7.42. The van der Waals surface area contributed by atoms with Gasteiger partial charge < -0.3 is 9.47 Å². The molecule has 5 rings (SSSR count). The van der Waals surface area contributed by atoms with E-state index in [4.69, 9.17) is 9.47 Å². The second-order valence-corrected chi connectivity index (χ2v) is 11.5. The van der Waals surface area contributed by atoms with Crippen molar-refractivity contribution >= 4 is 28.0 Å². The van der Waals surface area contributed by atoms with Gasteiger partial charge in [-0.1, -0.05) is 19.9 Å². The molecule has 0 N–H and O–H groups in total. The van der Waals surface area contributed by atoms with Gasteiger partial charge in [0.25, 0.3) is 0 Å². The van der Waals surface area contributed by atoms with Gasteiger partial charge in [-0.2, -0.15) is 5.26 Å². The quantitative estimate of drug-likeness (QED) is 0.551. The molecule has 7 heteroatoms. The van der Waals surface area contributed by atoms with Crippen LogP contribution < -0.4 is 14.4 Å². The topological polar surface area (TPSA) is 79.6 Å². The second kappa shape index (κ2) is 8.83. The van der Waals surface area contributed by atoms with Gasteiger partial charge in [-0.3, -0.25) is 14.5 Å². The number of carbonyl (C=O) groups excluding carboxylic acids is 2. The highest BCUT2D eigenvalue weighted by atomic mass is 32.1. The molecule has 0 fully saturated rings. The fraction of sp³-hybridized carbons (Fsp3) is 0.464. The lowest BCUT2D eigenvalue weighted by molar-refractivity contribution is -0.120. The number of nitriles is 1. The summed E-state index contributed by atoms with van der Waals surface area (Å²) in [6, 6.07) is 8.00. The van der Waals surface area contributed by atoms with Crippen molar-refractivity contribution in [2.45, 2.75) is 64.7 Å². The van der Waals surface area contributed by atoms with Crippen molar-refractivity contribution in [3.63, 3.8) is 0 Å². The van der Waals surface area contributed by atoms with Gasteiger partial charge in [-0.05, 0) is 60.8 Å². The van der Waals surface area contributed by atoms with Crippen LogP contribution >= 0.6 is 11.3 Å². The summed E-state index contributed by atoms with van der Waals surface area (Å²) in [5.74, 6) is 0.839. The lowest BCUT2D eigenvalue weighted by Crippen LogP contribution is -2.43. The highest BCUT2D eigenvalue weighted by molar-refractivity contribution is 7.16. The number of hydrogen-bond acceptors (Lipinski definition) is 6. The molecule has 182 valence electrons. The second-order valence-electron chi connectivity index (χ2n) is 10.4. The molecule has 3 aliphatic rings. The zero-order chi connectivity index (χ0) is 24.9.